The Labute approximate surface area is 149 Å². The molecule has 0 atom stereocenters. The van der Waals surface area contributed by atoms with E-state index in [-0.39, 0.29) is 0 Å². The molecule has 0 saturated carbocycles. The molecule has 0 aromatic heterocycles. The van der Waals surface area contributed by atoms with Crippen molar-refractivity contribution >= 4 is 46.3 Å². The number of thioether (sulfide) groups is 1. The number of nitrogens with zero attached hydrogens (tertiary/aromatic N) is 2. The second-order valence-electron chi connectivity index (χ2n) is 4.46. The van der Waals surface area contributed by atoms with Crippen LogP contribution in [0.25, 0.3) is 0 Å². The molecule has 0 aliphatic heterocycles. The third-order valence-corrected chi connectivity index (χ3v) is 4.23. The third-order valence-electron chi connectivity index (χ3n) is 2.85. The van der Waals surface area contributed by atoms with Gasteiger partial charge in [0.1, 0.15) is 5.75 Å². The van der Waals surface area contributed by atoms with E-state index in [1.54, 1.807) is 12.1 Å². The Balaban J connectivity index is 2.03. The zero-order valence-corrected chi connectivity index (χ0v) is 14.7. The van der Waals surface area contributed by atoms with Crippen molar-refractivity contribution in [2.24, 2.45) is 15.9 Å². The summed E-state index contributed by atoms with van der Waals surface area (Å²) < 4.78 is 5.22. The highest BCUT2D eigenvalue weighted by Crippen LogP contribution is 2.29. The maximum Gasteiger partial charge on any atom is 0.180 e. The number of benzene rings is 2. The molecule has 0 bridgehead atoms. The average molecular weight is 368 g/mol. The van der Waals surface area contributed by atoms with Crippen molar-refractivity contribution in [3.8, 4) is 5.75 Å². The molecule has 0 radical (unpaired) electrons. The first-order valence-electron chi connectivity index (χ1n) is 6.66. The molecule has 23 heavy (non-hydrogen) atoms. The molecular weight excluding hydrogens is 353 g/mol. The Morgan fingerprint density at radius 2 is 2.00 bits per heavy atom. The van der Waals surface area contributed by atoms with E-state index >= 15 is 0 Å². The van der Waals surface area contributed by atoms with Gasteiger partial charge in [0.25, 0.3) is 0 Å². The highest BCUT2D eigenvalue weighted by atomic mass is 35.5. The first-order valence-corrected chi connectivity index (χ1v) is 8.40. The third kappa shape index (κ3) is 5.46. The first-order chi connectivity index (χ1) is 11.1. The molecule has 0 saturated heterocycles. The van der Waals surface area contributed by atoms with Crippen molar-refractivity contribution in [1.82, 2.24) is 0 Å². The van der Waals surface area contributed by atoms with E-state index in [1.807, 2.05) is 30.3 Å². The quantitative estimate of drug-likeness (QED) is 0.477. The van der Waals surface area contributed by atoms with Gasteiger partial charge in [-0.1, -0.05) is 65.3 Å². The topological polar surface area (TPSA) is 60.0 Å². The molecule has 120 valence electrons. The lowest BCUT2D eigenvalue weighted by Gasteiger charge is -2.06. The zero-order valence-electron chi connectivity index (χ0n) is 12.4. The van der Waals surface area contributed by atoms with Crippen LogP contribution in [0.15, 0.2) is 52.7 Å². The summed E-state index contributed by atoms with van der Waals surface area (Å²) in [5.74, 6) is 1.26. The molecule has 2 aromatic carbocycles. The largest absolute Gasteiger partial charge is 0.496 e. The van der Waals surface area contributed by atoms with E-state index in [1.165, 1.54) is 30.6 Å². The molecule has 0 spiro atoms. The van der Waals surface area contributed by atoms with E-state index < -0.39 is 0 Å². The SMILES string of the molecule is COc1cc(Cl)cc(Cl)c1C=NN=C(N)SCc1ccccc1. The number of rotatable bonds is 5. The highest BCUT2D eigenvalue weighted by Gasteiger charge is 2.07. The van der Waals surface area contributed by atoms with Crippen molar-refractivity contribution in [2.75, 3.05) is 7.11 Å². The van der Waals surface area contributed by atoms with Gasteiger partial charge >= 0.3 is 0 Å². The van der Waals surface area contributed by atoms with Gasteiger partial charge in [-0.25, -0.2) is 0 Å². The lowest BCUT2D eigenvalue weighted by molar-refractivity contribution is 0.414. The number of halogens is 2. The molecule has 4 nitrogen and oxygen atoms in total. The molecule has 0 amide bonds. The Bertz CT molecular complexity index is 721. The van der Waals surface area contributed by atoms with E-state index in [2.05, 4.69) is 10.2 Å². The summed E-state index contributed by atoms with van der Waals surface area (Å²) in [5, 5.41) is 9.21. The van der Waals surface area contributed by atoms with Gasteiger partial charge in [0.15, 0.2) is 5.17 Å². The Morgan fingerprint density at radius 3 is 2.70 bits per heavy atom. The fourth-order valence-electron chi connectivity index (χ4n) is 1.76. The summed E-state index contributed by atoms with van der Waals surface area (Å²) in [6.07, 6.45) is 1.49. The Hall–Kier alpha value is -1.69. The van der Waals surface area contributed by atoms with Gasteiger partial charge in [-0.2, -0.15) is 5.10 Å². The summed E-state index contributed by atoms with van der Waals surface area (Å²) in [4.78, 5) is 0. The molecule has 7 heteroatoms. The van der Waals surface area contributed by atoms with Crippen LogP contribution in [0.1, 0.15) is 11.1 Å². The number of hydrogen-bond donors (Lipinski definition) is 1. The smallest absolute Gasteiger partial charge is 0.180 e. The summed E-state index contributed by atoms with van der Waals surface area (Å²) >= 11 is 13.5. The summed E-state index contributed by atoms with van der Waals surface area (Å²) in [6.45, 7) is 0. The normalized spacial score (nSPS) is 11.9. The van der Waals surface area contributed by atoms with Crippen molar-refractivity contribution < 1.29 is 4.74 Å². The number of nitrogens with two attached hydrogens (primary N) is 1. The second-order valence-corrected chi connectivity index (χ2v) is 6.30. The van der Waals surface area contributed by atoms with Crippen molar-refractivity contribution in [3.63, 3.8) is 0 Å². The molecule has 0 unspecified atom stereocenters. The van der Waals surface area contributed by atoms with Crippen LogP contribution in [0, 0.1) is 0 Å². The van der Waals surface area contributed by atoms with E-state index in [4.69, 9.17) is 33.7 Å². The van der Waals surface area contributed by atoms with Crippen LogP contribution in [-0.2, 0) is 5.75 Å². The summed E-state index contributed by atoms with van der Waals surface area (Å²) in [6, 6.07) is 13.3. The van der Waals surface area contributed by atoms with Crippen molar-refractivity contribution in [1.29, 1.82) is 0 Å². The Kier molecular flexibility index (Phi) is 6.77. The fourth-order valence-corrected chi connectivity index (χ4v) is 2.89. The van der Waals surface area contributed by atoms with Gasteiger partial charge in [0.05, 0.1) is 23.9 Å². The fraction of sp³-hybridized carbons (Fsp3) is 0.125. The van der Waals surface area contributed by atoms with Gasteiger partial charge < -0.3 is 10.5 Å². The molecular formula is C16H15Cl2N3OS. The van der Waals surface area contributed by atoms with E-state index in [0.29, 0.717) is 26.5 Å². The molecule has 0 fully saturated rings. The van der Waals surface area contributed by atoms with Crippen LogP contribution in [0.4, 0.5) is 0 Å². The van der Waals surface area contributed by atoms with Crippen molar-refractivity contribution in [2.45, 2.75) is 5.75 Å². The molecule has 2 rings (SSSR count). The van der Waals surface area contributed by atoms with Crippen LogP contribution in [0.2, 0.25) is 10.0 Å². The lowest BCUT2D eigenvalue weighted by atomic mass is 10.2. The minimum Gasteiger partial charge on any atom is -0.496 e. The number of hydrogen-bond acceptors (Lipinski definition) is 4. The van der Waals surface area contributed by atoms with Gasteiger partial charge in [0.2, 0.25) is 0 Å². The van der Waals surface area contributed by atoms with Crippen LogP contribution >= 0.6 is 35.0 Å². The average Bonchev–Trinajstić information content (AvgIpc) is 2.55. The number of ether oxygens (including phenoxy) is 1. The molecule has 0 aliphatic carbocycles. The lowest BCUT2D eigenvalue weighted by Crippen LogP contribution is -2.06. The summed E-state index contributed by atoms with van der Waals surface area (Å²) in [7, 11) is 1.53. The standard InChI is InChI=1S/C16H15Cl2N3OS/c1-22-15-8-12(17)7-14(18)13(15)9-20-21-16(19)23-10-11-5-3-2-4-6-11/h2-9H,10H2,1H3,(H2,19,21). The molecule has 0 aliphatic rings. The van der Waals surface area contributed by atoms with E-state index in [9.17, 15) is 0 Å². The van der Waals surface area contributed by atoms with Crippen LogP contribution in [0.3, 0.4) is 0 Å². The highest BCUT2D eigenvalue weighted by molar-refractivity contribution is 8.13. The van der Waals surface area contributed by atoms with Gasteiger partial charge in [-0.05, 0) is 17.7 Å². The maximum absolute atomic E-state index is 6.13. The minimum absolute atomic E-state index is 0.370. The zero-order chi connectivity index (χ0) is 16.7. The van der Waals surface area contributed by atoms with Crippen LogP contribution < -0.4 is 10.5 Å². The van der Waals surface area contributed by atoms with E-state index in [0.717, 1.165) is 5.75 Å². The number of methoxy groups -OCH3 is 1. The minimum atomic E-state index is 0.370. The monoisotopic (exact) mass is 367 g/mol. The van der Waals surface area contributed by atoms with Gasteiger partial charge in [0, 0.05) is 10.8 Å². The predicted octanol–water partition coefficient (Wildman–Crippen LogP) is 4.58. The van der Waals surface area contributed by atoms with Gasteiger partial charge in [-0.15, -0.1) is 5.10 Å². The number of amidine groups is 1. The first kappa shape index (κ1) is 17.7. The molecule has 2 N–H and O–H groups in total. The predicted molar refractivity (Wildman–Crippen MR) is 100.0 cm³/mol. The second kappa shape index (κ2) is 8.82. The van der Waals surface area contributed by atoms with Crippen LogP contribution in [-0.4, -0.2) is 18.5 Å². The molecule has 0 heterocycles. The molecule has 2 aromatic rings. The Morgan fingerprint density at radius 1 is 1.26 bits per heavy atom. The summed E-state index contributed by atoms with van der Waals surface area (Å²) in [5.41, 5.74) is 7.60. The van der Waals surface area contributed by atoms with Crippen molar-refractivity contribution in [3.05, 3.63) is 63.6 Å². The van der Waals surface area contributed by atoms with Gasteiger partial charge in [-0.3, -0.25) is 0 Å². The maximum atomic E-state index is 6.13. The van der Waals surface area contributed by atoms with Crippen LogP contribution in [0.5, 0.6) is 5.75 Å².